The van der Waals surface area contributed by atoms with Crippen LogP contribution in [0, 0.1) is 6.92 Å². The Morgan fingerprint density at radius 3 is 2.55 bits per heavy atom. The summed E-state index contributed by atoms with van der Waals surface area (Å²) in [6.45, 7) is 2.07. The van der Waals surface area contributed by atoms with Gasteiger partial charge in [0.1, 0.15) is 0 Å². The van der Waals surface area contributed by atoms with Crippen molar-refractivity contribution in [1.29, 1.82) is 0 Å². The van der Waals surface area contributed by atoms with Gasteiger partial charge >= 0.3 is 0 Å². The molecule has 1 fully saturated rings. The van der Waals surface area contributed by atoms with Gasteiger partial charge in [0.05, 0.1) is 11.4 Å². The second kappa shape index (κ2) is 8.38. The van der Waals surface area contributed by atoms with E-state index < -0.39 is 0 Å². The minimum atomic E-state index is -0.0835. The summed E-state index contributed by atoms with van der Waals surface area (Å²) in [7, 11) is 0. The summed E-state index contributed by atoms with van der Waals surface area (Å²) in [5, 5.41) is 10.3. The fourth-order valence-electron chi connectivity index (χ4n) is 4.60. The van der Waals surface area contributed by atoms with Crippen molar-refractivity contribution in [3.8, 4) is 16.9 Å². The van der Waals surface area contributed by atoms with Crippen LogP contribution in [0.15, 0.2) is 72.8 Å². The van der Waals surface area contributed by atoms with Crippen LogP contribution in [0.25, 0.3) is 27.7 Å². The molecule has 4 heteroatoms. The topological polar surface area (TPSA) is 46.9 Å². The van der Waals surface area contributed by atoms with Crippen molar-refractivity contribution < 1.29 is 4.79 Å². The monoisotopic (exact) mass is 409 g/mol. The van der Waals surface area contributed by atoms with E-state index in [1.807, 2.05) is 28.9 Å². The molecule has 0 radical (unpaired) electrons. The molecule has 0 aliphatic heterocycles. The molecule has 1 saturated carbocycles. The van der Waals surface area contributed by atoms with Crippen LogP contribution >= 0.6 is 0 Å². The van der Waals surface area contributed by atoms with Gasteiger partial charge in [0.2, 0.25) is 0 Å². The van der Waals surface area contributed by atoms with Crippen molar-refractivity contribution in [2.24, 2.45) is 0 Å². The SMILES string of the molecule is Cc1cccc(-n2nc(C(=O)NC3CCCCC3)cc2-c2cccc3ccccc23)c1. The maximum atomic E-state index is 13.1. The summed E-state index contributed by atoms with van der Waals surface area (Å²) >= 11 is 0. The molecule has 0 atom stereocenters. The largest absolute Gasteiger partial charge is 0.348 e. The number of hydrogen-bond donors (Lipinski definition) is 1. The van der Waals surface area contributed by atoms with Gasteiger partial charge in [-0.3, -0.25) is 4.79 Å². The highest BCUT2D eigenvalue weighted by Gasteiger charge is 2.21. The molecule has 156 valence electrons. The molecule has 3 aromatic carbocycles. The smallest absolute Gasteiger partial charge is 0.272 e. The van der Waals surface area contributed by atoms with Crippen LogP contribution in [-0.2, 0) is 0 Å². The number of fused-ring (bicyclic) bond motifs is 1. The average Bonchev–Trinajstić information content (AvgIpc) is 3.25. The van der Waals surface area contributed by atoms with Crippen LogP contribution in [0.2, 0.25) is 0 Å². The van der Waals surface area contributed by atoms with Crippen molar-refractivity contribution >= 4 is 16.7 Å². The van der Waals surface area contributed by atoms with Gasteiger partial charge in [-0.05, 0) is 54.3 Å². The Balaban J connectivity index is 1.61. The summed E-state index contributed by atoms with van der Waals surface area (Å²) in [5.41, 5.74) is 4.58. The number of carbonyl (C=O) groups excluding carboxylic acids is 1. The summed E-state index contributed by atoms with van der Waals surface area (Å²) in [6.07, 6.45) is 5.74. The Bertz CT molecular complexity index is 1230. The van der Waals surface area contributed by atoms with Crippen LogP contribution in [-0.4, -0.2) is 21.7 Å². The van der Waals surface area contributed by atoms with Crippen LogP contribution in [0.3, 0.4) is 0 Å². The molecule has 0 unspecified atom stereocenters. The maximum Gasteiger partial charge on any atom is 0.272 e. The lowest BCUT2D eigenvalue weighted by molar-refractivity contribution is 0.0922. The molecule has 1 heterocycles. The van der Waals surface area contributed by atoms with Crippen LogP contribution in [0.4, 0.5) is 0 Å². The first kappa shape index (κ1) is 19.6. The van der Waals surface area contributed by atoms with E-state index >= 15 is 0 Å². The zero-order chi connectivity index (χ0) is 21.2. The summed E-state index contributed by atoms with van der Waals surface area (Å²) in [6, 6.07) is 25.1. The van der Waals surface area contributed by atoms with E-state index in [4.69, 9.17) is 5.10 Å². The highest BCUT2D eigenvalue weighted by molar-refractivity contribution is 5.98. The lowest BCUT2D eigenvalue weighted by Crippen LogP contribution is -2.36. The number of aryl methyl sites for hydroxylation is 1. The minimum absolute atomic E-state index is 0.0835. The quantitative estimate of drug-likeness (QED) is 0.445. The van der Waals surface area contributed by atoms with Gasteiger partial charge in [-0.2, -0.15) is 5.10 Å². The van der Waals surface area contributed by atoms with E-state index in [1.165, 1.54) is 24.6 Å². The minimum Gasteiger partial charge on any atom is -0.348 e. The number of benzene rings is 3. The van der Waals surface area contributed by atoms with Gasteiger partial charge in [-0.25, -0.2) is 4.68 Å². The van der Waals surface area contributed by atoms with E-state index in [9.17, 15) is 4.79 Å². The molecule has 4 aromatic rings. The first-order chi connectivity index (χ1) is 15.2. The van der Waals surface area contributed by atoms with Crippen molar-refractivity contribution in [2.45, 2.75) is 45.1 Å². The second-order valence-corrected chi connectivity index (χ2v) is 8.50. The van der Waals surface area contributed by atoms with E-state index in [0.717, 1.165) is 40.7 Å². The van der Waals surface area contributed by atoms with Gasteiger partial charge in [-0.15, -0.1) is 0 Å². The number of hydrogen-bond acceptors (Lipinski definition) is 2. The Morgan fingerprint density at radius 2 is 1.71 bits per heavy atom. The molecular weight excluding hydrogens is 382 g/mol. The Labute approximate surface area is 182 Å². The fourth-order valence-corrected chi connectivity index (χ4v) is 4.60. The molecule has 0 saturated heterocycles. The van der Waals surface area contributed by atoms with Gasteiger partial charge in [-0.1, -0.05) is 73.9 Å². The molecule has 1 aliphatic rings. The predicted molar refractivity (Wildman–Crippen MR) is 126 cm³/mol. The third kappa shape index (κ3) is 3.98. The van der Waals surface area contributed by atoms with Crippen LogP contribution < -0.4 is 5.32 Å². The molecule has 4 nitrogen and oxygen atoms in total. The average molecular weight is 410 g/mol. The van der Waals surface area contributed by atoms with Crippen LogP contribution in [0.5, 0.6) is 0 Å². The molecule has 0 bridgehead atoms. The predicted octanol–water partition coefficient (Wildman–Crippen LogP) is 6.06. The molecule has 1 aromatic heterocycles. The Morgan fingerprint density at radius 1 is 0.935 bits per heavy atom. The number of amides is 1. The summed E-state index contributed by atoms with van der Waals surface area (Å²) in [4.78, 5) is 13.1. The normalized spacial score (nSPS) is 14.6. The highest BCUT2D eigenvalue weighted by atomic mass is 16.2. The zero-order valence-corrected chi connectivity index (χ0v) is 17.8. The summed E-state index contributed by atoms with van der Waals surface area (Å²) < 4.78 is 1.91. The molecule has 1 amide bonds. The van der Waals surface area contributed by atoms with E-state index in [0.29, 0.717) is 5.69 Å². The van der Waals surface area contributed by atoms with E-state index in [-0.39, 0.29) is 11.9 Å². The number of nitrogens with one attached hydrogen (secondary N) is 1. The zero-order valence-electron chi connectivity index (χ0n) is 17.8. The Hall–Kier alpha value is -3.40. The number of aromatic nitrogens is 2. The summed E-state index contributed by atoms with van der Waals surface area (Å²) in [5.74, 6) is -0.0835. The van der Waals surface area contributed by atoms with E-state index in [2.05, 4.69) is 60.8 Å². The molecule has 1 aliphatic carbocycles. The lowest BCUT2D eigenvalue weighted by Gasteiger charge is -2.22. The highest BCUT2D eigenvalue weighted by Crippen LogP contribution is 2.31. The van der Waals surface area contributed by atoms with E-state index in [1.54, 1.807) is 0 Å². The first-order valence-electron chi connectivity index (χ1n) is 11.2. The molecular formula is C27H27N3O. The third-order valence-electron chi connectivity index (χ3n) is 6.19. The number of rotatable bonds is 4. The molecule has 31 heavy (non-hydrogen) atoms. The lowest BCUT2D eigenvalue weighted by atomic mass is 9.95. The van der Waals surface area contributed by atoms with Gasteiger partial charge in [0, 0.05) is 11.6 Å². The Kier molecular flexibility index (Phi) is 5.29. The van der Waals surface area contributed by atoms with Gasteiger partial charge < -0.3 is 5.32 Å². The number of carbonyl (C=O) groups is 1. The van der Waals surface area contributed by atoms with Crippen molar-refractivity contribution in [2.75, 3.05) is 0 Å². The first-order valence-corrected chi connectivity index (χ1v) is 11.2. The van der Waals surface area contributed by atoms with Gasteiger partial charge in [0.25, 0.3) is 5.91 Å². The molecule has 1 N–H and O–H groups in total. The molecule has 5 rings (SSSR count). The maximum absolute atomic E-state index is 13.1. The van der Waals surface area contributed by atoms with Crippen LogP contribution in [0.1, 0.15) is 48.2 Å². The molecule has 0 spiro atoms. The van der Waals surface area contributed by atoms with Crippen molar-refractivity contribution in [3.05, 3.63) is 84.1 Å². The van der Waals surface area contributed by atoms with Gasteiger partial charge in [0.15, 0.2) is 5.69 Å². The van der Waals surface area contributed by atoms with Crippen molar-refractivity contribution in [1.82, 2.24) is 15.1 Å². The van der Waals surface area contributed by atoms with Crippen molar-refractivity contribution in [3.63, 3.8) is 0 Å². The fraction of sp³-hybridized carbons (Fsp3) is 0.259. The number of nitrogens with zero attached hydrogens (tertiary/aromatic N) is 2. The third-order valence-corrected chi connectivity index (χ3v) is 6.19. The second-order valence-electron chi connectivity index (χ2n) is 8.50. The standard InChI is InChI=1S/C27H27N3O/c1-19-9-7-14-22(17-19)30-26(24-16-8-11-20-10-5-6-15-23(20)24)18-25(29-30)27(31)28-21-12-3-2-4-13-21/h5-11,14-18,21H,2-4,12-13H2,1H3,(H,28,31).